The van der Waals surface area contributed by atoms with Crippen LogP contribution < -0.4 is 42.2 Å². The minimum Gasteiger partial charge on any atom is -0.495 e. The van der Waals surface area contributed by atoms with Crippen LogP contribution in [0, 0.1) is 19.8 Å². The lowest BCUT2D eigenvalue weighted by atomic mass is 10.0. The number of methoxy groups -OCH3 is 1. The van der Waals surface area contributed by atoms with E-state index in [1.54, 1.807) is 97.3 Å². The summed E-state index contributed by atoms with van der Waals surface area (Å²) in [4.78, 5) is 137. The predicted molar refractivity (Wildman–Crippen MR) is 340 cm³/mol. The Bertz CT molecular complexity index is 4290. The molecule has 8 N–H and O–H groups in total. The molecule has 0 unspecified atom stereocenters. The molecule has 0 bridgehead atoms. The van der Waals surface area contributed by atoms with E-state index in [1.807, 2.05) is 30.6 Å². The highest BCUT2D eigenvalue weighted by molar-refractivity contribution is 6.13. The van der Waals surface area contributed by atoms with Crippen LogP contribution in [0.3, 0.4) is 0 Å². The smallest absolute Gasteiger partial charge is 0.409 e. The number of amides is 9. The number of benzene rings is 3. The van der Waals surface area contributed by atoms with E-state index in [2.05, 4.69) is 41.4 Å². The van der Waals surface area contributed by atoms with Crippen molar-refractivity contribution < 1.29 is 57.4 Å². The number of hydrogen-bond acceptors (Lipinski definition) is 18. The molecule has 1 aliphatic rings. The highest BCUT2D eigenvalue weighted by Gasteiger charge is 2.30. The number of primary amides is 2. The van der Waals surface area contributed by atoms with Crippen LogP contribution in [-0.2, 0) is 61.5 Å². The van der Waals surface area contributed by atoms with Crippen molar-refractivity contribution in [2.45, 2.75) is 106 Å². The molecule has 5 aromatic heterocycles. The highest BCUT2D eigenvalue weighted by atomic mass is 16.6. The molecule has 2 atom stereocenters. The molecule has 93 heavy (non-hydrogen) atoms. The number of fused-ring (bicyclic) bond motifs is 4. The van der Waals surface area contributed by atoms with Crippen LogP contribution in [-0.4, -0.2) is 158 Å². The van der Waals surface area contributed by atoms with E-state index in [4.69, 9.17) is 35.6 Å². The van der Waals surface area contributed by atoms with E-state index in [-0.39, 0.29) is 80.1 Å². The quantitative estimate of drug-likeness (QED) is 0.0220. The van der Waals surface area contributed by atoms with Gasteiger partial charge in [-0.15, -0.1) is 0 Å². The summed E-state index contributed by atoms with van der Waals surface area (Å²) in [7, 11) is 3.05. The third-order valence-electron chi connectivity index (χ3n) is 15.2. The molecule has 1 aliphatic heterocycles. The van der Waals surface area contributed by atoms with Crippen molar-refractivity contribution in [2.24, 2.45) is 17.4 Å². The first-order chi connectivity index (χ1) is 44.5. The van der Waals surface area contributed by atoms with Gasteiger partial charge in [-0.3, -0.25) is 53.3 Å². The number of carbonyl (C=O) groups excluding carboxylic acids is 9. The van der Waals surface area contributed by atoms with Crippen molar-refractivity contribution in [3.05, 3.63) is 119 Å². The summed E-state index contributed by atoms with van der Waals surface area (Å²) in [6.45, 7) is 13.5. The van der Waals surface area contributed by atoms with Crippen LogP contribution in [0.5, 0.6) is 11.5 Å². The number of hydrogen-bond donors (Lipinski definition) is 6. The zero-order chi connectivity index (χ0) is 66.9. The average molecular weight is 1270 g/mol. The average Bonchev–Trinajstić information content (AvgIpc) is 1.61. The zero-order valence-electron chi connectivity index (χ0n) is 52.8. The molecule has 30 heteroatoms. The normalized spacial score (nSPS) is 12.9. The van der Waals surface area contributed by atoms with E-state index in [1.165, 1.54) is 31.1 Å². The second kappa shape index (κ2) is 28.7. The number of anilines is 2. The Morgan fingerprint density at radius 3 is 2.10 bits per heavy atom. The standard InChI is InChI=1S/C63H72N18O12/c1-10-80-45(27-35(5)74-80)60(88)73-62-70-44-29-40(55(65)86)31-47(53(44)79(62)24-13-12-23-78-52-42(28-39(54(64)85)30-46(52)91-9)43-32-66-56(72-57(43)78)58-68-37(7)75-81(58)11-2)92-26-14-22-76(8)63(90)93-33-38-15-17-41(18-16-38)69-59(87)36(6)67-61(89)51(34(3)4)71-48(82)21-25-77-49(83)19-20-50(77)84/h12-13,15-20,27-32,34,36,51H,10-11,14,21-26,33H2,1-9H3,(H2,64,85)(H2,65,86)(H,67,89)(H,69,87)(H,71,82)(H,70,73,88)/b13-12+/t36-,51-/m0/s1. The minimum atomic E-state index is -1.01. The number of nitrogens with two attached hydrogens (primary N) is 2. The van der Waals surface area contributed by atoms with Crippen LogP contribution in [0.4, 0.5) is 16.4 Å². The molecule has 0 saturated heterocycles. The molecular weight excluding hydrogens is 1200 g/mol. The summed E-state index contributed by atoms with van der Waals surface area (Å²) >= 11 is 0. The van der Waals surface area contributed by atoms with Gasteiger partial charge in [0, 0.05) is 98.7 Å². The Morgan fingerprint density at radius 2 is 1.43 bits per heavy atom. The Morgan fingerprint density at radius 1 is 0.753 bits per heavy atom. The number of nitrogens with zero attached hydrogens (tertiary/aromatic N) is 12. The van der Waals surface area contributed by atoms with Gasteiger partial charge in [-0.05, 0) is 95.0 Å². The minimum absolute atomic E-state index is 0.0351. The number of ether oxygens (including phenoxy) is 3. The van der Waals surface area contributed by atoms with Crippen LogP contribution >= 0.6 is 0 Å². The fraction of sp³-hybridized carbons (Fsp3) is 0.349. The molecule has 0 spiro atoms. The van der Waals surface area contributed by atoms with E-state index >= 15 is 0 Å². The third-order valence-corrected chi connectivity index (χ3v) is 15.2. The third kappa shape index (κ3) is 15.0. The van der Waals surface area contributed by atoms with Crippen LogP contribution in [0.2, 0.25) is 0 Å². The molecular formula is C63H72N18O12. The number of imidazole rings is 1. The molecule has 8 aromatic rings. The van der Waals surface area contributed by atoms with Crippen molar-refractivity contribution in [1.82, 2.24) is 69.1 Å². The van der Waals surface area contributed by atoms with Gasteiger partial charge in [0.2, 0.25) is 35.5 Å². The maximum absolute atomic E-state index is 14.1. The number of rotatable bonds is 28. The maximum Gasteiger partial charge on any atom is 0.409 e. The summed E-state index contributed by atoms with van der Waals surface area (Å²) in [5.41, 5.74) is 15.7. The van der Waals surface area contributed by atoms with Crippen molar-refractivity contribution in [3.63, 3.8) is 0 Å². The Hall–Kier alpha value is -11.3. The number of carbonyl (C=O) groups is 9. The molecule has 0 radical (unpaired) electrons. The summed E-state index contributed by atoms with van der Waals surface area (Å²) in [5.74, 6) is -2.97. The molecule has 3 aromatic carbocycles. The second-order valence-corrected chi connectivity index (χ2v) is 22.2. The second-order valence-electron chi connectivity index (χ2n) is 22.2. The van der Waals surface area contributed by atoms with Crippen molar-refractivity contribution in [3.8, 4) is 23.1 Å². The molecule has 0 fully saturated rings. The topological polar surface area (TPSA) is 385 Å². The van der Waals surface area contributed by atoms with Gasteiger partial charge in [-0.1, -0.05) is 38.1 Å². The number of nitrogens with one attached hydrogen (secondary N) is 4. The van der Waals surface area contributed by atoms with Crippen LogP contribution in [0.25, 0.3) is 44.6 Å². The number of allylic oxidation sites excluding steroid dienone is 2. The lowest BCUT2D eigenvalue weighted by Crippen LogP contribution is -2.54. The summed E-state index contributed by atoms with van der Waals surface area (Å²) in [5, 5.41) is 21.1. The summed E-state index contributed by atoms with van der Waals surface area (Å²) < 4.78 is 24.8. The monoisotopic (exact) mass is 1270 g/mol. The first kappa shape index (κ1) is 66.1. The fourth-order valence-electron chi connectivity index (χ4n) is 10.4. The van der Waals surface area contributed by atoms with Crippen LogP contribution in [0.1, 0.15) is 95.7 Å². The van der Waals surface area contributed by atoms with Gasteiger partial charge in [0.15, 0.2) is 11.6 Å². The van der Waals surface area contributed by atoms with Gasteiger partial charge < -0.3 is 55.7 Å². The highest BCUT2D eigenvalue weighted by Crippen LogP contribution is 2.37. The fourth-order valence-corrected chi connectivity index (χ4v) is 10.4. The van der Waals surface area contributed by atoms with Crippen molar-refractivity contribution in [2.75, 3.05) is 44.5 Å². The number of aromatic nitrogens is 10. The maximum atomic E-state index is 14.1. The molecule has 486 valence electrons. The number of imide groups is 1. The van der Waals surface area contributed by atoms with Gasteiger partial charge in [0.05, 0.1) is 30.4 Å². The first-order valence-corrected chi connectivity index (χ1v) is 29.9. The van der Waals surface area contributed by atoms with Gasteiger partial charge in [-0.2, -0.15) is 10.2 Å². The predicted octanol–water partition coefficient (Wildman–Crippen LogP) is 4.70. The van der Waals surface area contributed by atoms with Crippen molar-refractivity contribution >= 4 is 98.0 Å². The molecule has 30 nitrogen and oxygen atoms in total. The lowest BCUT2D eigenvalue weighted by molar-refractivity contribution is -0.137. The Labute approximate surface area is 532 Å². The van der Waals surface area contributed by atoms with Gasteiger partial charge in [0.1, 0.15) is 52.9 Å². The Kier molecular flexibility index (Phi) is 20.4. The zero-order valence-corrected chi connectivity index (χ0v) is 52.8. The number of aryl methyl sites for hydroxylation is 4. The molecule has 0 saturated carbocycles. The van der Waals surface area contributed by atoms with Gasteiger partial charge in [0.25, 0.3) is 17.7 Å². The SMILES string of the molecule is CCn1nc(C)cc1C(=O)Nc1nc2cc(C(N)=O)cc(OCCCN(C)C(=O)OCc3ccc(NC(=O)[C@H](C)NC(=O)[C@@H](NC(=O)CCN4C(=O)C=CC4=O)C(C)C)cc3)c2n1C/C=C/Cn1c2nc(-c3nc(C)nn3CC)ncc2c2cc(C(N)=O)cc(OC)c21. The lowest BCUT2D eigenvalue weighted by Gasteiger charge is -2.24. The van der Waals surface area contributed by atoms with E-state index in [0.717, 1.165) is 17.1 Å². The van der Waals surface area contributed by atoms with Crippen LogP contribution in [0.15, 0.2) is 85.1 Å². The first-order valence-electron chi connectivity index (χ1n) is 29.9. The largest absolute Gasteiger partial charge is 0.495 e. The van der Waals surface area contributed by atoms with Gasteiger partial charge >= 0.3 is 6.09 Å². The van der Waals surface area contributed by atoms with E-state index in [0.29, 0.717) is 92.8 Å². The molecule has 0 aliphatic carbocycles. The molecule has 9 rings (SSSR count). The summed E-state index contributed by atoms with van der Waals surface area (Å²) in [6.07, 6.45) is 7.08. The molecule has 9 amide bonds. The summed E-state index contributed by atoms with van der Waals surface area (Å²) in [6, 6.07) is 12.4. The Balaban J connectivity index is 0.865. The molecule has 6 heterocycles. The van der Waals surface area contributed by atoms with Gasteiger partial charge in [-0.25, -0.2) is 29.4 Å². The van der Waals surface area contributed by atoms with E-state index < -0.39 is 65.4 Å². The van der Waals surface area contributed by atoms with Crippen molar-refractivity contribution in [1.29, 1.82) is 0 Å². The van der Waals surface area contributed by atoms with E-state index in [9.17, 15) is 43.2 Å².